The first-order chi connectivity index (χ1) is 12.1. The number of ether oxygens (including phenoxy) is 1. The molecular formula is C20H26ClNO3. The highest BCUT2D eigenvalue weighted by Gasteiger charge is 2.40. The van der Waals surface area contributed by atoms with E-state index in [-0.39, 0.29) is 17.5 Å². The summed E-state index contributed by atoms with van der Waals surface area (Å²) in [5.41, 5.74) is 0.884. The number of alkyl halides is 1. The maximum absolute atomic E-state index is 11.3. The number of hydrogen-bond acceptors (Lipinski definition) is 3. The maximum atomic E-state index is 11.3. The van der Waals surface area contributed by atoms with Crippen molar-refractivity contribution in [2.24, 2.45) is 11.8 Å². The Morgan fingerprint density at radius 1 is 1.20 bits per heavy atom. The summed E-state index contributed by atoms with van der Waals surface area (Å²) in [5, 5.41) is 9.23. The number of hydrogen-bond donors (Lipinski definition) is 1. The van der Waals surface area contributed by atoms with Crippen molar-refractivity contribution in [3.8, 4) is 5.75 Å². The lowest BCUT2D eigenvalue weighted by atomic mass is 9.96. The molecule has 4 rings (SSSR count). The van der Waals surface area contributed by atoms with Gasteiger partial charge < -0.3 is 9.84 Å². The van der Waals surface area contributed by atoms with Crippen LogP contribution in [0.15, 0.2) is 18.2 Å². The molecule has 4 nitrogen and oxygen atoms in total. The second kappa shape index (κ2) is 7.16. The summed E-state index contributed by atoms with van der Waals surface area (Å²) < 4.78 is 6.32. The minimum absolute atomic E-state index is 0.183. The number of fused-ring (bicyclic) bond motifs is 2. The van der Waals surface area contributed by atoms with Gasteiger partial charge in [-0.15, -0.1) is 11.6 Å². The highest BCUT2D eigenvalue weighted by molar-refractivity contribution is 6.17. The molecular weight excluding hydrogens is 338 g/mol. The van der Waals surface area contributed by atoms with Crippen molar-refractivity contribution in [3.05, 3.63) is 29.3 Å². The zero-order valence-corrected chi connectivity index (χ0v) is 15.3. The third-order valence-electron chi connectivity index (χ3n) is 6.26. The summed E-state index contributed by atoms with van der Waals surface area (Å²) in [5.74, 6) is 1.76. The van der Waals surface area contributed by atoms with Crippen molar-refractivity contribution in [3.63, 3.8) is 0 Å². The summed E-state index contributed by atoms with van der Waals surface area (Å²) in [6, 6.07) is 5.68. The number of piperidine rings is 1. The van der Waals surface area contributed by atoms with Crippen LogP contribution in [0.1, 0.15) is 54.4 Å². The number of benzene rings is 1. The Labute approximate surface area is 154 Å². The summed E-state index contributed by atoms with van der Waals surface area (Å²) in [6.07, 6.45) is 7.91. The van der Waals surface area contributed by atoms with Gasteiger partial charge in [-0.25, -0.2) is 4.79 Å². The lowest BCUT2D eigenvalue weighted by Gasteiger charge is -2.38. The molecule has 1 N–H and O–H groups in total. The topological polar surface area (TPSA) is 49.8 Å². The van der Waals surface area contributed by atoms with Crippen LogP contribution in [-0.2, 0) is 5.88 Å². The van der Waals surface area contributed by atoms with Gasteiger partial charge in [0.05, 0.1) is 5.56 Å². The second-order valence-corrected chi connectivity index (χ2v) is 8.18. The van der Waals surface area contributed by atoms with Gasteiger partial charge in [0.1, 0.15) is 11.9 Å². The zero-order chi connectivity index (χ0) is 17.4. The van der Waals surface area contributed by atoms with Crippen LogP contribution < -0.4 is 4.74 Å². The molecule has 5 heteroatoms. The molecule has 2 aliphatic carbocycles. The van der Waals surface area contributed by atoms with Gasteiger partial charge in [0.2, 0.25) is 0 Å². The van der Waals surface area contributed by atoms with Crippen LogP contribution in [0, 0.1) is 11.8 Å². The molecule has 3 fully saturated rings. The molecule has 136 valence electrons. The van der Waals surface area contributed by atoms with Crippen molar-refractivity contribution in [1.29, 1.82) is 0 Å². The number of halogens is 1. The van der Waals surface area contributed by atoms with Crippen LogP contribution >= 0.6 is 11.6 Å². The highest BCUT2D eigenvalue weighted by Crippen LogP contribution is 2.40. The third-order valence-corrected chi connectivity index (χ3v) is 6.55. The van der Waals surface area contributed by atoms with E-state index in [0.717, 1.165) is 24.0 Å². The predicted molar refractivity (Wildman–Crippen MR) is 97.4 cm³/mol. The van der Waals surface area contributed by atoms with Gasteiger partial charge in [0, 0.05) is 25.0 Å². The van der Waals surface area contributed by atoms with Crippen LogP contribution in [0.3, 0.4) is 0 Å². The molecule has 1 aromatic carbocycles. The van der Waals surface area contributed by atoms with Crippen molar-refractivity contribution in [2.75, 3.05) is 13.1 Å². The Kier molecular flexibility index (Phi) is 4.92. The first-order valence-electron chi connectivity index (χ1n) is 9.47. The van der Waals surface area contributed by atoms with Crippen LogP contribution in [0.5, 0.6) is 5.75 Å². The Morgan fingerprint density at radius 2 is 1.96 bits per heavy atom. The van der Waals surface area contributed by atoms with Crippen LogP contribution in [0.2, 0.25) is 0 Å². The van der Waals surface area contributed by atoms with Crippen LogP contribution in [-0.4, -0.2) is 41.2 Å². The average molecular weight is 364 g/mol. The van der Waals surface area contributed by atoms with Crippen molar-refractivity contribution in [1.82, 2.24) is 4.90 Å². The van der Waals surface area contributed by atoms with E-state index < -0.39 is 5.97 Å². The maximum Gasteiger partial charge on any atom is 0.336 e. The number of carbonyl (C=O) groups is 1. The SMILES string of the molecule is O=C(O)c1ccc(O[C@H]2CCC[C@@H]2N2CC3CCC(C3)C2)cc1CCl. The second-order valence-electron chi connectivity index (χ2n) is 7.91. The Bertz CT molecular complexity index is 638. The molecule has 1 aromatic rings. The molecule has 1 saturated heterocycles. The predicted octanol–water partition coefficient (Wildman–Crippen LogP) is 4.16. The Balaban J connectivity index is 1.47. The highest BCUT2D eigenvalue weighted by atomic mass is 35.5. The first-order valence-corrected chi connectivity index (χ1v) is 10.0. The molecule has 2 bridgehead atoms. The van der Waals surface area contributed by atoms with Crippen LogP contribution in [0.4, 0.5) is 0 Å². The zero-order valence-electron chi connectivity index (χ0n) is 14.5. The smallest absolute Gasteiger partial charge is 0.336 e. The Hall–Kier alpha value is -1.26. The van der Waals surface area contributed by atoms with E-state index in [2.05, 4.69) is 4.90 Å². The van der Waals surface area contributed by atoms with Crippen molar-refractivity contribution < 1.29 is 14.6 Å². The standard InChI is InChI=1S/C20H26ClNO3/c21-10-15-9-16(6-7-17(15)20(23)24)25-19-3-1-2-18(19)22-11-13-4-5-14(8-13)12-22/h6-7,9,13-14,18-19H,1-5,8,10-12H2,(H,23,24)/t13?,14?,18-,19-/m0/s1. The van der Waals surface area contributed by atoms with Crippen LogP contribution in [0.25, 0.3) is 0 Å². The Morgan fingerprint density at radius 3 is 2.64 bits per heavy atom. The summed E-state index contributed by atoms with van der Waals surface area (Å²) in [4.78, 5) is 13.9. The van der Waals surface area contributed by atoms with E-state index in [1.54, 1.807) is 18.2 Å². The van der Waals surface area contributed by atoms with E-state index in [9.17, 15) is 9.90 Å². The average Bonchev–Trinajstić information content (AvgIpc) is 3.20. The van der Waals surface area contributed by atoms with Gasteiger partial charge >= 0.3 is 5.97 Å². The van der Waals surface area contributed by atoms with Gasteiger partial charge in [-0.05, 0) is 74.1 Å². The monoisotopic (exact) mass is 363 g/mol. The third kappa shape index (κ3) is 3.52. The van der Waals surface area contributed by atoms with Gasteiger partial charge in [0.15, 0.2) is 0 Å². The van der Waals surface area contributed by atoms with Gasteiger partial charge in [-0.3, -0.25) is 4.90 Å². The van der Waals surface area contributed by atoms with E-state index in [4.69, 9.17) is 16.3 Å². The minimum Gasteiger partial charge on any atom is -0.489 e. The van der Waals surface area contributed by atoms with Gasteiger partial charge in [0.25, 0.3) is 0 Å². The largest absolute Gasteiger partial charge is 0.489 e. The van der Waals surface area contributed by atoms with Gasteiger partial charge in [-0.1, -0.05) is 0 Å². The fourth-order valence-corrected chi connectivity index (χ4v) is 5.34. The molecule has 1 aliphatic heterocycles. The first kappa shape index (κ1) is 17.2. The fraction of sp³-hybridized carbons (Fsp3) is 0.650. The number of carboxylic acid groups (broad SMARTS) is 1. The fourth-order valence-electron chi connectivity index (χ4n) is 5.12. The molecule has 2 unspecified atom stereocenters. The molecule has 3 aliphatic rings. The quantitative estimate of drug-likeness (QED) is 0.798. The molecule has 0 radical (unpaired) electrons. The lowest BCUT2D eigenvalue weighted by molar-refractivity contribution is 0.0520. The summed E-state index contributed by atoms with van der Waals surface area (Å²) in [6.45, 7) is 2.46. The molecule has 1 heterocycles. The molecule has 4 atom stereocenters. The van der Waals surface area contributed by atoms with Crippen molar-refractivity contribution >= 4 is 17.6 Å². The summed E-state index contributed by atoms with van der Waals surface area (Å²) >= 11 is 5.93. The number of likely N-dealkylation sites (tertiary alicyclic amines) is 1. The van der Waals surface area contributed by atoms with E-state index in [0.29, 0.717) is 11.6 Å². The van der Waals surface area contributed by atoms with Gasteiger partial charge in [-0.2, -0.15) is 0 Å². The molecule has 25 heavy (non-hydrogen) atoms. The molecule has 0 aromatic heterocycles. The lowest BCUT2D eigenvalue weighted by Crippen LogP contribution is -2.48. The van der Waals surface area contributed by atoms with E-state index in [1.807, 2.05) is 0 Å². The number of nitrogens with zero attached hydrogens (tertiary/aromatic N) is 1. The number of carboxylic acids is 1. The molecule has 0 spiro atoms. The minimum atomic E-state index is -0.940. The molecule has 0 amide bonds. The normalized spacial score (nSPS) is 32.0. The van der Waals surface area contributed by atoms with E-state index in [1.165, 1.54) is 45.2 Å². The molecule has 2 saturated carbocycles. The van der Waals surface area contributed by atoms with Crippen molar-refractivity contribution in [2.45, 2.75) is 56.6 Å². The number of aromatic carboxylic acids is 1. The van der Waals surface area contributed by atoms with E-state index >= 15 is 0 Å². The number of rotatable bonds is 5. The summed E-state index contributed by atoms with van der Waals surface area (Å²) in [7, 11) is 0.